The molecule has 1 rings (SSSR count). The number of aromatic nitrogens is 1. The zero-order chi connectivity index (χ0) is 12.6. The predicted molar refractivity (Wildman–Crippen MR) is 67.7 cm³/mol. The summed E-state index contributed by atoms with van der Waals surface area (Å²) < 4.78 is 0. The summed E-state index contributed by atoms with van der Waals surface area (Å²) in [7, 11) is 0. The van der Waals surface area contributed by atoms with Crippen LogP contribution in [-0.4, -0.2) is 16.1 Å². The van der Waals surface area contributed by atoms with Crippen molar-refractivity contribution < 1.29 is 9.90 Å². The van der Waals surface area contributed by atoms with Gasteiger partial charge in [-0.3, -0.25) is 0 Å². The molecule has 16 heavy (non-hydrogen) atoms. The number of allylic oxidation sites excluding steroid dienone is 2. The maximum Gasteiger partial charge on any atom is 0.352 e. The number of hydrogen-bond acceptors (Lipinski definition) is 1. The molecule has 0 spiro atoms. The number of carbonyl (C=O) groups is 1. The number of H-pyrrole nitrogens is 1. The highest BCUT2D eigenvalue weighted by atomic mass is 16.4. The molecule has 0 bridgehead atoms. The number of aromatic amines is 1. The number of carboxylic acid groups (broad SMARTS) is 1. The molecule has 1 heterocycles. The highest BCUT2D eigenvalue weighted by Gasteiger charge is 2.03. The van der Waals surface area contributed by atoms with Crippen molar-refractivity contribution in [2.75, 3.05) is 0 Å². The summed E-state index contributed by atoms with van der Waals surface area (Å²) in [6.45, 7) is 11.1. The molecule has 0 saturated heterocycles. The molecule has 0 amide bonds. The summed E-state index contributed by atoms with van der Waals surface area (Å²) in [5.41, 5.74) is 0.159. The van der Waals surface area contributed by atoms with Crippen LogP contribution in [0.2, 0.25) is 0 Å². The van der Waals surface area contributed by atoms with Gasteiger partial charge >= 0.3 is 5.97 Å². The molecule has 1 aromatic rings. The van der Waals surface area contributed by atoms with Crippen LogP contribution in [0.4, 0.5) is 0 Å². The third-order valence-corrected chi connectivity index (χ3v) is 1.69. The Bertz CT molecular complexity index is 443. The lowest BCUT2D eigenvalue weighted by Gasteiger charge is -1.82. The van der Waals surface area contributed by atoms with Crippen LogP contribution in [0.3, 0.4) is 0 Å². The maximum atomic E-state index is 10.7. The molecule has 1 aromatic heterocycles. The van der Waals surface area contributed by atoms with Crippen molar-refractivity contribution in [2.24, 2.45) is 0 Å². The minimum Gasteiger partial charge on any atom is -0.477 e. The predicted octanol–water partition coefficient (Wildman–Crippen LogP) is 1.67. The van der Waals surface area contributed by atoms with Gasteiger partial charge in [0.1, 0.15) is 5.69 Å². The van der Waals surface area contributed by atoms with Crippen molar-refractivity contribution in [1.29, 1.82) is 0 Å². The van der Waals surface area contributed by atoms with Crippen LogP contribution in [0.5, 0.6) is 0 Å². The molecule has 3 heteroatoms. The van der Waals surface area contributed by atoms with E-state index in [0.717, 1.165) is 10.6 Å². The summed E-state index contributed by atoms with van der Waals surface area (Å²) in [6, 6.07) is 1.55. The quantitative estimate of drug-likeness (QED) is 0.812. The lowest BCUT2D eigenvalue weighted by molar-refractivity contribution is 0.0691. The molecular weight excluding hydrogens is 202 g/mol. The standard InChI is InChI=1S/C11H11NO2.C2H6/c1-3-5-8-7-10(11(13)14)12-9(8)6-4-2;1-2/h3-7,12H,1-2H2,(H,13,14);1-2H3/b8-5-,9-6+;. The van der Waals surface area contributed by atoms with E-state index >= 15 is 0 Å². The van der Waals surface area contributed by atoms with Crippen molar-refractivity contribution in [2.45, 2.75) is 13.8 Å². The molecule has 86 valence electrons. The van der Waals surface area contributed by atoms with E-state index in [1.807, 2.05) is 13.8 Å². The van der Waals surface area contributed by atoms with Crippen molar-refractivity contribution in [3.8, 4) is 0 Å². The van der Waals surface area contributed by atoms with Gasteiger partial charge in [-0.15, -0.1) is 0 Å². The van der Waals surface area contributed by atoms with E-state index in [4.69, 9.17) is 5.11 Å². The molecule has 2 N–H and O–H groups in total. The van der Waals surface area contributed by atoms with Gasteiger partial charge in [0.25, 0.3) is 0 Å². The topological polar surface area (TPSA) is 53.1 Å². The van der Waals surface area contributed by atoms with E-state index in [9.17, 15) is 4.79 Å². The summed E-state index contributed by atoms with van der Waals surface area (Å²) in [6.07, 6.45) is 6.65. The van der Waals surface area contributed by atoms with Gasteiger partial charge < -0.3 is 10.1 Å². The Kier molecular flexibility index (Phi) is 6.36. The maximum absolute atomic E-state index is 10.7. The first-order chi connectivity index (χ1) is 7.69. The average Bonchev–Trinajstić information content (AvgIpc) is 2.66. The van der Waals surface area contributed by atoms with Gasteiger partial charge in [-0.25, -0.2) is 4.79 Å². The molecule has 3 nitrogen and oxygen atoms in total. The summed E-state index contributed by atoms with van der Waals surface area (Å²) >= 11 is 0. The van der Waals surface area contributed by atoms with E-state index in [1.165, 1.54) is 0 Å². The molecular formula is C13H17NO2. The number of hydrogen-bond donors (Lipinski definition) is 2. The minimum absolute atomic E-state index is 0.159. The van der Waals surface area contributed by atoms with Crippen LogP contribution in [-0.2, 0) is 0 Å². The van der Waals surface area contributed by atoms with Gasteiger partial charge in [-0.05, 0) is 12.1 Å². The zero-order valence-corrected chi connectivity index (χ0v) is 9.66. The average molecular weight is 219 g/mol. The fraction of sp³-hybridized carbons (Fsp3) is 0.154. The van der Waals surface area contributed by atoms with Crippen LogP contribution in [0, 0.1) is 0 Å². The van der Waals surface area contributed by atoms with Crippen LogP contribution in [0.15, 0.2) is 31.4 Å². The van der Waals surface area contributed by atoms with Gasteiger partial charge in [0, 0.05) is 10.6 Å². The van der Waals surface area contributed by atoms with Crippen molar-refractivity contribution in [1.82, 2.24) is 4.98 Å². The monoisotopic (exact) mass is 219 g/mol. The van der Waals surface area contributed by atoms with Crippen molar-refractivity contribution in [3.05, 3.63) is 47.6 Å². The zero-order valence-electron chi connectivity index (χ0n) is 9.66. The molecule has 0 radical (unpaired) electrons. The first kappa shape index (κ1) is 14.0. The number of rotatable bonds is 3. The lowest BCUT2D eigenvalue weighted by atomic mass is 10.3. The van der Waals surface area contributed by atoms with Gasteiger partial charge in [0.2, 0.25) is 0 Å². The van der Waals surface area contributed by atoms with E-state index < -0.39 is 5.97 Å². The molecule has 0 aliphatic rings. The first-order valence-corrected chi connectivity index (χ1v) is 5.07. The Morgan fingerprint density at radius 1 is 1.31 bits per heavy atom. The largest absolute Gasteiger partial charge is 0.477 e. The van der Waals surface area contributed by atoms with Crippen LogP contribution < -0.4 is 10.6 Å². The van der Waals surface area contributed by atoms with E-state index in [2.05, 4.69) is 18.1 Å². The Morgan fingerprint density at radius 2 is 1.88 bits per heavy atom. The van der Waals surface area contributed by atoms with E-state index in [1.54, 1.807) is 30.4 Å². The third kappa shape index (κ3) is 3.61. The minimum atomic E-state index is -0.979. The number of nitrogens with one attached hydrogen (secondary N) is 1. The van der Waals surface area contributed by atoms with Crippen LogP contribution in [0.25, 0.3) is 12.2 Å². The normalized spacial score (nSPS) is 11.6. The molecule has 0 aliphatic heterocycles. The third-order valence-electron chi connectivity index (χ3n) is 1.69. The highest BCUT2D eigenvalue weighted by Crippen LogP contribution is 1.85. The fourth-order valence-corrected chi connectivity index (χ4v) is 1.12. The first-order valence-electron chi connectivity index (χ1n) is 5.07. The molecule has 0 aromatic carbocycles. The second kappa shape index (κ2) is 7.29. The Hall–Kier alpha value is -2.03. The van der Waals surface area contributed by atoms with E-state index in [0.29, 0.717) is 0 Å². The Morgan fingerprint density at radius 3 is 2.31 bits per heavy atom. The molecule has 0 aliphatic carbocycles. The lowest BCUT2D eigenvalue weighted by Crippen LogP contribution is -2.21. The Balaban J connectivity index is 0.00000106. The van der Waals surface area contributed by atoms with Crippen LogP contribution >= 0.6 is 0 Å². The van der Waals surface area contributed by atoms with Crippen LogP contribution in [0.1, 0.15) is 24.3 Å². The van der Waals surface area contributed by atoms with Gasteiger partial charge in [-0.2, -0.15) is 0 Å². The second-order valence-electron chi connectivity index (χ2n) is 2.66. The van der Waals surface area contributed by atoms with Gasteiger partial charge in [-0.1, -0.05) is 45.2 Å². The van der Waals surface area contributed by atoms with Gasteiger partial charge in [0.05, 0.1) is 0 Å². The molecule has 0 unspecified atom stereocenters. The number of carboxylic acids is 1. The highest BCUT2D eigenvalue weighted by molar-refractivity contribution is 5.85. The fourth-order valence-electron chi connectivity index (χ4n) is 1.12. The molecule has 0 saturated carbocycles. The van der Waals surface area contributed by atoms with Crippen molar-refractivity contribution in [3.63, 3.8) is 0 Å². The molecule has 0 fully saturated rings. The van der Waals surface area contributed by atoms with Crippen molar-refractivity contribution >= 4 is 18.1 Å². The second-order valence-corrected chi connectivity index (χ2v) is 2.66. The smallest absolute Gasteiger partial charge is 0.352 e. The summed E-state index contributed by atoms with van der Waals surface area (Å²) in [5, 5.41) is 10.3. The molecule has 0 atom stereocenters. The SMILES string of the molecule is C=C/C=c1/cc(C(=O)O)[nH]/c1=C/C=C.CC. The Labute approximate surface area is 95.1 Å². The summed E-state index contributed by atoms with van der Waals surface area (Å²) in [4.78, 5) is 13.4. The number of aromatic carboxylic acids is 1. The summed E-state index contributed by atoms with van der Waals surface area (Å²) in [5.74, 6) is -0.979. The van der Waals surface area contributed by atoms with Gasteiger partial charge in [0.15, 0.2) is 0 Å². The van der Waals surface area contributed by atoms with E-state index in [-0.39, 0.29) is 5.69 Å².